The van der Waals surface area contributed by atoms with E-state index in [1.807, 2.05) is 0 Å². The smallest absolute Gasteiger partial charge is 0.309 e. The molecule has 0 fully saturated rings. The molecule has 0 radical (unpaired) electrons. The number of nitrogens with zero attached hydrogens (tertiary/aromatic N) is 1. The number of hydrogen-bond donors (Lipinski definition) is 1. The summed E-state index contributed by atoms with van der Waals surface area (Å²) in [4.78, 5) is 25.9. The summed E-state index contributed by atoms with van der Waals surface area (Å²) in [7, 11) is 0. The summed E-state index contributed by atoms with van der Waals surface area (Å²) in [6.45, 7) is 4.55. The highest BCUT2D eigenvalue weighted by Crippen LogP contribution is 2.21. The van der Waals surface area contributed by atoms with E-state index in [2.05, 4.69) is 26.5 Å². The maximum atomic E-state index is 13.0. The lowest BCUT2D eigenvalue weighted by Gasteiger charge is -2.36. The zero-order chi connectivity index (χ0) is 31.9. The number of unbranched alkanes of at least 4 members (excludes halogenated alkanes) is 28. The second-order valence-electron chi connectivity index (χ2n) is 13.1. The van der Waals surface area contributed by atoms with E-state index in [0.29, 0.717) is 12.8 Å². The Morgan fingerprint density at radius 2 is 0.628 bits per heavy atom. The highest BCUT2D eigenvalue weighted by Gasteiger charge is 2.35. The Morgan fingerprint density at radius 3 is 0.814 bits per heavy atom. The van der Waals surface area contributed by atoms with Crippen LogP contribution in [0.3, 0.4) is 0 Å². The Bertz CT molecular complexity index is 624. The van der Waals surface area contributed by atoms with Crippen LogP contribution in [0.2, 0.25) is 0 Å². The summed E-state index contributed by atoms with van der Waals surface area (Å²) < 4.78 is -0.817. The van der Waals surface area contributed by atoms with Gasteiger partial charge in [0.15, 0.2) is 0 Å². The van der Waals surface area contributed by atoms with Crippen LogP contribution in [0.1, 0.15) is 219 Å². The maximum absolute atomic E-state index is 13.0. The van der Waals surface area contributed by atoms with Gasteiger partial charge in [-0.3, -0.25) is 3.89 Å². The summed E-state index contributed by atoms with van der Waals surface area (Å²) in [6, 6.07) is 0. The normalized spacial score (nSPS) is 11.7. The summed E-state index contributed by atoms with van der Waals surface area (Å²) in [6.07, 6.45) is 39.0. The van der Waals surface area contributed by atoms with Crippen LogP contribution in [0.15, 0.2) is 0 Å². The van der Waals surface area contributed by atoms with Crippen LogP contribution >= 0.6 is 24.8 Å². The number of thiocarbonyl (C=S) groups is 1. The number of rotatable bonds is 32. The Labute approximate surface area is 285 Å². The molecule has 0 aliphatic carbocycles. The summed E-state index contributed by atoms with van der Waals surface area (Å²) >= 11 is 14.9. The first kappa shape index (κ1) is 43.1. The van der Waals surface area contributed by atoms with Gasteiger partial charge < -0.3 is 12.8 Å². The second-order valence-corrected chi connectivity index (χ2v) is 14.7. The van der Waals surface area contributed by atoms with Crippen molar-refractivity contribution in [3.8, 4) is 0 Å². The van der Waals surface area contributed by atoms with Gasteiger partial charge in [0.2, 0.25) is 4.32 Å². The second kappa shape index (κ2) is 32.0. The molecule has 0 rings (SSSR count). The summed E-state index contributed by atoms with van der Waals surface area (Å²) in [5, 5.41) is 0. The van der Waals surface area contributed by atoms with Crippen LogP contribution in [-0.2, 0) is 22.4 Å². The lowest BCUT2D eigenvalue weighted by atomic mass is 10.0. The molecule has 2 amide bonds. The number of imide groups is 1. The quantitative estimate of drug-likeness (QED) is 0.0257. The fraction of sp³-hybridized carbons (Fsp3) is 0.919. The molecule has 0 N–H and O–H groups in total. The molecule has 0 aromatic rings. The Kier molecular flexibility index (Phi) is 32.1. The monoisotopic (exact) mass is 657 g/mol. The molecule has 43 heavy (non-hydrogen) atoms. The van der Waals surface area contributed by atoms with E-state index < -0.39 is 3.89 Å². The third-order valence-corrected chi connectivity index (χ3v) is 10.4. The van der Waals surface area contributed by atoms with E-state index in [1.54, 1.807) is 0 Å². The number of carbonyl (C=O) groups is 2. The molecular weight excluding hydrogens is 587 g/mol. The Balaban J connectivity index is 3.81. The third-order valence-electron chi connectivity index (χ3n) is 8.96. The molecular formula is C37H71NO2S3. The fourth-order valence-corrected chi connectivity index (χ4v) is 6.57. The predicted molar refractivity (Wildman–Crippen MR) is 198 cm³/mol. The number of thiol groups is 1. The summed E-state index contributed by atoms with van der Waals surface area (Å²) in [5.74, 6) is -0.536. The molecule has 0 aromatic heterocycles. The molecule has 0 aliphatic rings. The Morgan fingerprint density at radius 1 is 0.442 bits per heavy atom. The molecule has 0 aliphatic heterocycles. The first-order valence-electron chi connectivity index (χ1n) is 18.8. The predicted octanol–water partition coefficient (Wildman–Crippen LogP) is 13.1. The van der Waals surface area contributed by atoms with Gasteiger partial charge in [-0.25, -0.2) is 9.59 Å². The van der Waals surface area contributed by atoms with Gasteiger partial charge in [-0.2, -0.15) is 0 Å². The molecule has 254 valence electrons. The van der Waals surface area contributed by atoms with E-state index in [9.17, 15) is 9.59 Å². The van der Waals surface area contributed by atoms with Gasteiger partial charge in [-0.1, -0.05) is 206 Å². The zero-order valence-electron chi connectivity index (χ0n) is 28.7. The SMILES string of the molecule is CCCCCCCCCCCCCCCCCC(=O)[N+]([S-])(C(=O)CCCCCCCCCCCCCCCCC)C(=S)S. The van der Waals surface area contributed by atoms with Crippen LogP contribution < -0.4 is 0 Å². The first-order valence-corrected chi connectivity index (χ1v) is 20.0. The largest absolute Gasteiger partial charge is 0.468 e. The lowest BCUT2D eigenvalue weighted by Crippen LogP contribution is -2.54. The van der Waals surface area contributed by atoms with Crippen molar-refractivity contribution >= 4 is 53.8 Å². The third kappa shape index (κ3) is 24.9. The van der Waals surface area contributed by atoms with Crippen molar-refractivity contribution in [1.29, 1.82) is 0 Å². The van der Waals surface area contributed by atoms with Crippen molar-refractivity contribution in [3.05, 3.63) is 0 Å². The lowest BCUT2D eigenvalue weighted by molar-refractivity contribution is -0.527. The molecule has 0 atom stereocenters. The van der Waals surface area contributed by atoms with Gasteiger partial charge >= 0.3 is 11.8 Å². The summed E-state index contributed by atoms with van der Waals surface area (Å²) in [5.41, 5.74) is 0. The number of quaternary nitrogens is 1. The number of amides is 2. The van der Waals surface area contributed by atoms with Crippen LogP contribution in [0.4, 0.5) is 0 Å². The molecule has 0 saturated carbocycles. The number of hydrogen-bond acceptors (Lipinski definition) is 4. The van der Waals surface area contributed by atoms with Gasteiger partial charge in [-0.05, 0) is 25.1 Å². The van der Waals surface area contributed by atoms with Crippen LogP contribution in [0.5, 0.6) is 0 Å². The molecule has 0 unspecified atom stereocenters. The van der Waals surface area contributed by atoms with Crippen molar-refractivity contribution in [2.24, 2.45) is 0 Å². The highest BCUT2D eigenvalue weighted by molar-refractivity contribution is 8.11. The average Bonchev–Trinajstić information content (AvgIpc) is 3.00. The van der Waals surface area contributed by atoms with Gasteiger partial charge in [0.25, 0.3) is 0 Å². The fourth-order valence-electron chi connectivity index (χ4n) is 5.96. The van der Waals surface area contributed by atoms with Crippen molar-refractivity contribution < 1.29 is 13.5 Å². The molecule has 0 aromatic carbocycles. The average molecular weight is 658 g/mol. The van der Waals surface area contributed by atoms with E-state index in [-0.39, 0.29) is 16.1 Å². The minimum atomic E-state index is -0.824. The molecule has 0 bridgehead atoms. The van der Waals surface area contributed by atoms with E-state index in [0.717, 1.165) is 38.5 Å². The van der Waals surface area contributed by atoms with Crippen LogP contribution in [0.25, 0.3) is 0 Å². The van der Waals surface area contributed by atoms with Gasteiger partial charge in [0, 0.05) is 0 Å². The van der Waals surface area contributed by atoms with Crippen molar-refractivity contribution in [3.63, 3.8) is 0 Å². The number of carbonyl (C=O) groups excluding carboxylic acids is 2. The van der Waals surface area contributed by atoms with E-state index >= 15 is 0 Å². The van der Waals surface area contributed by atoms with E-state index in [1.165, 1.54) is 154 Å². The Hall–Kier alpha value is 0.0900. The zero-order valence-corrected chi connectivity index (χ0v) is 31.2. The maximum Gasteiger partial charge on any atom is 0.309 e. The van der Waals surface area contributed by atoms with Crippen molar-refractivity contribution in [2.45, 2.75) is 219 Å². The van der Waals surface area contributed by atoms with Crippen LogP contribution in [-0.4, -0.2) is 20.0 Å². The topological polar surface area (TPSA) is 34.1 Å². The van der Waals surface area contributed by atoms with Gasteiger partial charge in [-0.15, -0.1) is 0 Å². The molecule has 3 nitrogen and oxygen atoms in total. The molecule has 0 spiro atoms. The minimum Gasteiger partial charge on any atom is -0.468 e. The first-order chi connectivity index (χ1) is 20.9. The van der Waals surface area contributed by atoms with Crippen molar-refractivity contribution in [1.82, 2.24) is 0 Å². The molecule has 0 heterocycles. The standard InChI is InChI=1S/C37H71NO2S3/c1-3-5-7-9-11-13-15-17-19-21-23-25-27-29-31-33-35(39)38(43,37(41)42)36(40)34-32-30-28-26-24-22-20-18-16-14-12-10-8-6-4-2/h3-34H2,1-2H3,(H,41,42). The highest BCUT2D eigenvalue weighted by atomic mass is 32.1. The minimum absolute atomic E-state index is 0.00641. The van der Waals surface area contributed by atoms with E-state index in [4.69, 9.17) is 25.0 Å². The van der Waals surface area contributed by atoms with Gasteiger partial charge in [0.05, 0.1) is 12.8 Å². The van der Waals surface area contributed by atoms with Crippen LogP contribution in [0, 0.1) is 0 Å². The molecule has 0 saturated heterocycles. The van der Waals surface area contributed by atoms with Gasteiger partial charge in [0.1, 0.15) is 0 Å². The molecule has 6 heteroatoms. The van der Waals surface area contributed by atoms with Crippen molar-refractivity contribution in [2.75, 3.05) is 0 Å².